The fourth-order valence-corrected chi connectivity index (χ4v) is 3.59. The lowest BCUT2D eigenvalue weighted by atomic mass is 10.2. The molecule has 0 saturated carbocycles. The second-order valence-corrected chi connectivity index (χ2v) is 6.67. The number of carbonyl (C=O) groups is 1. The van der Waals surface area contributed by atoms with Crippen LogP contribution in [0.5, 0.6) is 0 Å². The highest BCUT2D eigenvalue weighted by Crippen LogP contribution is 2.31. The molecule has 1 amide bonds. The van der Waals surface area contributed by atoms with Gasteiger partial charge < -0.3 is 0 Å². The predicted octanol–water partition coefficient (Wildman–Crippen LogP) is 4.30. The van der Waals surface area contributed by atoms with Crippen molar-refractivity contribution in [2.24, 2.45) is 0 Å². The van der Waals surface area contributed by atoms with Crippen LogP contribution in [-0.2, 0) is 12.8 Å². The number of nitrogens with zero attached hydrogens (tertiary/aromatic N) is 1. The second-order valence-electron chi connectivity index (χ2n) is 4.33. The molecule has 1 heterocycles. The van der Waals surface area contributed by atoms with Crippen molar-refractivity contribution in [3.63, 3.8) is 0 Å². The second kappa shape index (κ2) is 5.23. The first kappa shape index (κ1) is 13.1. The summed E-state index contributed by atoms with van der Waals surface area (Å²) in [5.74, 6) is -0.162. The van der Waals surface area contributed by atoms with Crippen molar-refractivity contribution < 1.29 is 4.79 Å². The van der Waals surface area contributed by atoms with Gasteiger partial charge in [-0.2, -0.15) is 0 Å². The molecule has 0 fully saturated rings. The number of aromatic nitrogens is 1. The van der Waals surface area contributed by atoms with Crippen LogP contribution in [-0.4, -0.2) is 10.9 Å². The lowest BCUT2D eigenvalue weighted by molar-refractivity contribution is 0.102. The van der Waals surface area contributed by atoms with E-state index in [1.54, 1.807) is 29.5 Å². The van der Waals surface area contributed by atoms with Crippen molar-refractivity contribution in [3.8, 4) is 0 Å². The lowest BCUT2D eigenvalue weighted by Crippen LogP contribution is -2.11. The van der Waals surface area contributed by atoms with Crippen LogP contribution < -0.4 is 5.32 Å². The minimum Gasteiger partial charge on any atom is -0.298 e. The quantitative estimate of drug-likeness (QED) is 0.870. The van der Waals surface area contributed by atoms with E-state index < -0.39 is 0 Å². The molecule has 0 radical (unpaired) electrons. The topological polar surface area (TPSA) is 42.0 Å². The third-order valence-electron chi connectivity index (χ3n) is 3.00. The number of rotatable bonds is 2. The van der Waals surface area contributed by atoms with E-state index in [9.17, 15) is 4.79 Å². The van der Waals surface area contributed by atoms with Gasteiger partial charge in [0.2, 0.25) is 0 Å². The number of amides is 1. The molecule has 98 valence electrons. The van der Waals surface area contributed by atoms with E-state index in [4.69, 9.17) is 11.6 Å². The molecule has 1 aromatic carbocycles. The van der Waals surface area contributed by atoms with E-state index in [0.717, 1.165) is 18.5 Å². The van der Waals surface area contributed by atoms with Gasteiger partial charge in [-0.05, 0) is 53.4 Å². The number of thiazole rings is 1. The Labute approximate surface area is 128 Å². The summed E-state index contributed by atoms with van der Waals surface area (Å²) in [5.41, 5.74) is 1.70. The van der Waals surface area contributed by atoms with Crippen molar-refractivity contribution in [1.82, 2.24) is 4.98 Å². The first-order chi connectivity index (χ1) is 9.13. The summed E-state index contributed by atoms with van der Waals surface area (Å²) >= 11 is 10.8. The van der Waals surface area contributed by atoms with E-state index in [-0.39, 0.29) is 5.91 Å². The molecule has 1 aliphatic carbocycles. The maximum absolute atomic E-state index is 12.1. The number of fused-ring (bicyclic) bond motifs is 1. The molecular weight excluding hydrogens is 348 g/mol. The molecule has 1 N–H and O–H groups in total. The average Bonchev–Trinajstić information content (AvgIpc) is 2.93. The van der Waals surface area contributed by atoms with Gasteiger partial charge in [0, 0.05) is 14.9 Å². The van der Waals surface area contributed by atoms with Gasteiger partial charge in [0.05, 0.1) is 10.7 Å². The predicted molar refractivity (Wildman–Crippen MR) is 81.2 cm³/mol. The number of benzene rings is 1. The molecule has 0 unspecified atom stereocenters. The zero-order chi connectivity index (χ0) is 13.4. The number of hydrogen-bond acceptors (Lipinski definition) is 3. The number of aryl methyl sites for hydroxylation is 2. The highest BCUT2D eigenvalue weighted by Gasteiger charge is 2.18. The molecule has 0 atom stereocenters. The van der Waals surface area contributed by atoms with E-state index in [2.05, 4.69) is 26.2 Å². The molecule has 1 aliphatic rings. The summed E-state index contributed by atoms with van der Waals surface area (Å²) in [6, 6.07) is 5.10. The first-order valence-electron chi connectivity index (χ1n) is 5.88. The maximum atomic E-state index is 12.1. The van der Waals surface area contributed by atoms with Crippen molar-refractivity contribution in [2.75, 3.05) is 5.32 Å². The summed E-state index contributed by atoms with van der Waals surface area (Å²) in [4.78, 5) is 17.8. The Morgan fingerprint density at radius 2 is 2.26 bits per heavy atom. The highest BCUT2D eigenvalue weighted by atomic mass is 79.9. The standard InChI is InChI=1S/C13H10BrClN2OS/c14-8-6-7(4-5-9(8)15)12(18)17-13-16-10-2-1-3-11(10)19-13/h4-6H,1-3H2,(H,16,17,18). The Kier molecular flexibility index (Phi) is 3.60. The SMILES string of the molecule is O=C(Nc1nc2c(s1)CCC2)c1ccc(Cl)c(Br)c1. The Morgan fingerprint density at radius 3 is 3.00 bits per heavy atom. The summed E-state index contributed by atoms with van der Waals surface area (Å²) in [5, 5.41) is 4.11. The Morgan fingerprint density at radius 1 is 1.42 bits per heavy atom. The molecule has 0 saturated heterocycles. The van der Waals surface area contributed by atoms with Crippen molar-refractivity contribution in [1.29, 1.82) is 0 Å². The van der Waals surface area contributed by atoms with Gasteiger partial charge in [-0.15, -0.1) is 11.3 Å². The minimum atomic E-state index is -0.162. The van der Waals surface area contributed by atoms with Crippen LogP contribution in [0.4, 0.5) is 5.13 Å². The van der Waals surface area contributed by atoms with Crippen LogP contribution >= 0.6 is 38.9 Å². The monoisotopic (exact) mass is 356 g/mol. The third kappa shape index (κ3) is 2.68. The fraction of sp³-hybridized carbons (Fsp3) is 0.231. The largest absolute Gasteiger partial charge is 0.298 e. The summed E-state index contributed by atoms with van der Waals surface area (Å²) in [7, 11) is 0. The van der Waals surface area contributed by atoms with E-state index in [1.807, 2.05) is 0 Å². The van der Waals surface area contributed by atoms with Gasteiger partial charge in [0.1, 0.15) is 0 Å². The highest BCUT2D eigenvalue weighted by molar-refractivity contribution is 9.10. The Hall–Kier alpha value is -0.910. The van der Waals surface area contributed by atoms with Crippen molar-refractivity contribution >= 4 is 49.9 Å². The summed E-state index contributed by atoms with van der Waals surface area (Å²) in [6.45, 7) is 0. The van der Waals surface area contributed by atoms with Gasteiger partial charge in [0.25, 0.3) is 5.91 Å². The molecule has 6 heteroatoms. The number of halogens is 2. The lowest BCUT2D eigenvalue weighted by Gasteiger charge is -2.03. The van der Waals surface area contributed by atoms with Gasteiger partial charge in [-0.3, -0.25) is 10.1 Å². The first-order valence-corrected chi connectivity index (χ1v) is 7.87. The number of carbonyl (C=O) groups excluding carboxylic acids is 1. The van der Waals surface area contributed by atoms with Crippen LogP contribution in [0.2, 0.25) is 5.02 Å². The minimum absolute atomic E-state index is 0.162. The normalized spacial score (nSPS) is 13.4. The fourth-order valence-electron chi connectivity index (χ4n) is 2.05. The molecule has 0 bridgehead atoms. The van der Waals surface area contributed by atoms with Crippen LogP contribution in [0, 0.1) is 0 Å². The number of nitrogens with one attached hydrogen (secondary N) is 1. The smallest absolute Gasteiger partial charge is 0.257 e. The molecule has 19 heavy (non-hydrogen) atoms. The van der Waals surface area contributed by atoms with Gasteiger partial charge in [-0.25, -0.2) is 4.98 Å². The molecule has 0 spiro atoms. The molecule has 0 aliphatic heterocycles. The zero-order valence-electron chi connectivity index (χ0n) is 9.87. The number of anilines is 1. The van der Waals surface area contributed by atoms with Gasteiger partial charge in [-0.1, -0.05) is 11.6 Å². The summed E-state index contributed by atoms with van der Waals surface area (Å²) in [6.07, 6.45) is 3.27. The van der Waals surface area contributed by atoms with E-state index in [1.165, 1.54) is 11.3 Å². The van der Waals surface area contributed by atoms with Gasteiger partial charge in [0.15, 0.2) is 5.13 Å². The average molecular weight is 358 g/mol. The number of hydrogen-bond donors (Lipinski definition) is 1. The van der Waals surface area contributed by atoms with Crippen LogP contribution in [0.3, 0.4) is 0 Å². The molecule has 3 nitrogen and oxygen atoms in total. The van der Waals surface area contributed by atoms with E-state index >= 15 is 0 Å². The zero-order valence-corrected chi connectivity index (χ0v) is 13.0. The van der Waals surface area contributed by atoms with Crippen molar-refractivity contribution in [2.45, 2.75) is 19.3 Å². The van der Waals surface area contributed by atoms with Crippen LogP contribution in [0.25, 0.3) is 0 Å². The van der Waals surface area contributed by atoms with Crippen LogP contribution in [0.15, 0.2) is 22.7 Å². The third-order valence-corrected chi connectivity index (χ3v) is 5.28. The molecule has 3 rings (SSSR count). The van der Waals surface area contributed by atoms with E-state index in [0.29, 0.717) is 20.2 Å². The van der Waals surface area contributed by atoms with Gasteiger partial charge >= 0.3 is 0 Å². The Bertz CT molecular complexity index is 635. The van der Waals surface area contributed by atoms with Crippen LogP contribution in [0.1, 0.15) is 27.3 Å². The maximum Gasteiger partial charge on any atom is 0.257 e. The van der Waals surface area contributed by atoms with Crippen molar-refractivity contribution in [3.05, 3.63) is 43.8 Å². The molecule has 1 aromatic heterocycles. The Balaban J connectivity index is 1.78. The molecule has 2 aromatic rings. The molecular formula is C13H10BrClN2OS. The summed E-state index contributed by atoms with van der Waals surface area (Å²) < 4.78 is 0.712.